The Morgan fingerprint density at radius 3 is 2.67 bits per heavy atom. The minimum absolute atomic E-state index is 0.0977. The molecule has 3 N–H and O–H groups in total. The highest BCUT2D eigenvalue weighted by atomic mass is 19.1. The number of halogens is 1. The van der Waals surface area contributed by atoms with E-state index >= 15 is 4.39 Å². The SMILES string of the molecule is CCC[C@@H](N)c1cccc(-c2cc(COc3ccccc3CC(=O)O)cc(C3CC3)c2)c1F. The van der Waals surface area contributed by atoms with Crippen molar-refractivity contribution in [2.75, 3.05) is 0 Å². The third-order valence-corrected chi connectivity index (χ3v) is 6.11. The number of carboxylic acid groups (broad SMARTS) is 1. The summed E-state index contributed by atoms with van der Waals surface area (Å²) < 4.78 is 21.5. The summed E-state index contributed by atoms with van der Waals surface area (Å²) >= 11 is 0. The highest BCUT2D eigenvalue weighted by molar-refractivity contribution is 5.71. The standard InChI is InChI=1S/C28H30FNO3/c1-2-6-25(30)24-9-5-8-23(28(24)29)22-14-18(13-21(15-22)19-11-12-19)17-33-26-10-4-3-7-20(26)16-27(31)32/h3-5,7-10,13-15,19,25H,2,6,11-12,16-17,30H2,1H3,(H,31,32)/t25-/m1/s1. The molecule has 4 nitrogen and oxygen atoms in total. The lowest BCUT2D eigenvalue weighted by atomic mass is 9.94. The minimum atomic E-state index is -0.902. The molecule has 0 aliphatic heterocycles. The first-order valence-electron chi connectivity index (χ1n) is 11.6. The molecule has 1 atom stereocenters. The van der Waals surface area contributed by atoms with E-state index < -0.39 is 5.97 Å². The summed E-state index contributed by atoms with van der Waals surface area (Å²) in [5.74, 6) is -0.112. The quantitative estimate of drug-likeness (QED) is 0.378. The molecular formula is C28H30FNO3. The molecule has 0 spiro atoms. The van der Waals surface area contributed by atoms with E-state index in [4.69, 9.17) is 15.6 Å². The number of carbonyl (C=O) groups is 1. The highest BCUT2D eigenvalue weighted by Gasteiger charge is 2.25. The van der Waals surface area contributed by atoms with Crippen molar-refractivity contribution in [3.63, 3.8) is 0 Å². The molecule has 3 aromatic carbocycles. The number of carboxylic acids is 1. The van der Waals surface area contributed by atoms with Crippen LogP contribution in [0.2, 0.25) is 0 Å². The molecule has 3 aromatic rings. The molecule has 0 bridgehead atoms. The zero-order chi connectivity index (χ0) is 23.4. The summed E-state index contributed by atoms with van der Waals surface area (Å²) in [6.45, 7) is 2.32. The van der Waals surface area contributed by atoms with E-state index in [1.165, 1.54) is 5.56 Å². The van der Waals surface area contributed by atoms with Crippen molar-refractivity contribution in [1.82, 2.24) is 0 Å². The largest absolute Gasteiger partial charge is 0.489 e. The molecule has 1 saturated carbocycles. The Kier molecular flexibility index (Phi) is 7.09. The van der Waals surface area contributed by atoms with Crippen LogP contribution in [-0.4, -0.2) is 11.1 Å². The molecular weight excluding hydrogens is 417 g/mol. The zero-order valence-electron chi connectivity index (χ0n) is 18.9. The Hall–Kier alpha value is -3.18. The van der Waals surface area contributed by atoms with E-state index in [2.05, 4.69) is 12.1 Å². The molecule has 1 fully saturated rings. The topological polar surface area (TPSA) is 72.5 Å². The smallest absolute Gasteiger partial charge is 0.307 e. The van der Waals surface area contributed by atoms with Crippen LogP contribution in [0, 0.1) is 5.82 Å². The molecule has 0 heterocycles. The van der Waals surface area contributed by atoms with Gasteiger partial charge in [-0.05, 0) is 54.0 Å². The summed E-state index contributed by atoms with van der Waals surface area (Å²) in [4.78, 5) is 11.2. The second kappa shape index (κ2) is 10.2. The van der Waals surface area contributed by atoms with Gasteiger partial charge in [-0.1, -0.05) is 61.9 Å². The lowest BCUT2D eigenvalue weighted by Gasteiger charge is -2.16. The Bertz CT molecular complexity index is 1140. The van der Waals surface area contributed by atoms with Crippen LogP contribution in [-0.2, 0) is 17.8 Å². The number of nitrogens with two attached hydrogens (primary N) is 1. The van der Waals surface area contributed by atoms with Gasteiger partial charge in [-0.25, -0.2) is 4.39 Å². The fraction of sp³-hybridized carbons (Fsp3) is 0.321. The number of para-hydroxylation sites is 1. The molecule has 0 saturated heterocycles. The number of hydrogen-bond donors (Lipinski definition) is 2. The third-order valence-electron chi connectivity index (χ3n) is 6.11. The number of aliphatic carboxylic acids is 1. The average Bonchev–Trinajstić information content (AvgIpc) is 3.64. The van der Waals surface area contributed by atoms with Gasteiger partial charge in [0.05, 0.1) is 6.42 Å². The molecule has 0 radical (unpaired) electrons. The van der Waals surface area contributed by atoms with E-state index in [1.807, 2.05) is 25.1 Å². The molecule has 0 aromatic heterocycles. The second-order valence-electron chi connectivity index (χ2n) is 8.81. The van der Waals surface area contributed by atoms with Crippen molar-refractivity contribution in [3.05, 3.63) is 88.7 Å². The van der Waals surface area contributed by atoms with Crippen LogP contribution in [0.5, 0.6) is 5.75 Å². The van der Waals surface area contributed by atoms with Gasteiger partial charge in [-0.2, -0.15) is 0 Å². The van der Waals surface area contributed by atoms with Gasteiger partial charge < -0.3 is 15.6 Å². The van der Waals surface area contributed by atoms with Gasteiger partial charge in [0.15, 0.2) is 0 Å². The predicted molar refractivity (Wildman–Crippen MR) is 128 cm³/mol. The minimum Gasteiger partial charge on any atom is -0.489 e. The molecule has 0 amide bonds. The summed E-state index contributed by atoms with van der Waals surface area (Å²) in [5, 5.41) is 9.16. The summed E-state index contributed by atoms with van der Waals surface area (Å²) in [7, 11) is 0. The number of rotatable bonds is 10. The van der Waals surface area contributed by atoms with Gasteiger partial charge in [-0.3, -0.25) is 4.79 Å². The van der Waals surface area contributed by atoms with Crippen LogP contribution in [0.1, 0.15) is 66.8 Å². The summed E-state index contributed by atoms with van der Waals surface area (Å²) in [5.41, 5.74) is 10.9. The van der Waals surface area contributed by atoms with E-state index in [0.717, 1.165) is 36.8 Å². The zero-order valence-corrected chi connectivity index (χ0v) is 18.9. The Morgan fingerprint density at radius 1 is 1.15 bits per heavy atom. The van der Waals surface area contributed by atoms with Crippen LogP contribution in [0.25, 0.3) is 11.1 Å². The first kappa shape index (κ1) is 23.0. The first-order chi connectivity index (χ1) is 16.0. The maximum absolute atomic E-state index is 15.5. The van der Waals surface area contributed by atoms with Gasteiger partial charge in [0.2, 0.25) is 0 Å². The lowest BCUT2D eigenvalue weighted by Crippen LogP contribution is -2.12. The van der Waals surface area contributed by atoms with Crippen molar-refractivity contribution in [1.29, 1.82) is 0 Å². The predicted octanol–water partition coefficient (Wildman–Crippen LogP) is 6.38. The van der Waals surface area contributed by atoms with E-state index in [1.54, 1.807) is 30.3 Å². The van der Waals surface area contributed by atoms with Crippen molar-refractivity contribution in [2.45, 2.75) is 57.6 Å². The number of benzene rings is 3. The Balaban J connectivity index is 1.64. The average molecular weight is 448 g/mol. The van der Waals surface area contributed by atoms with Crippen molar-refractivity contribution in [2.24, 2.45) is 5.73 Å². The number of hydrogen-bond acceptors (Lipinski definition) is 3. The molecule has 33 heavy (non-hydrogen) atoms. The van der Waals surface area contributed by atoms with Gasteiger partial charge in [0.25, 0.3) is 0 Å². The van der Waals surface area contributed by atoms with E-state index in [0.29, 0.717) is 28.4 Å². The molecule has 0 unspecified atom stereocenters. The Morgan fingerprint density at radius 2 is 1.94 bits per heavy atom. The number of ether oxygens (including phenoxy) is 1. The molecule has 172 valence electrons. The second-order valence-corrected chi connectivity index (χ2v) is 8.81. The normalized spacial score (nSPS) is 14.2. The van der Waals surface area contributed by atoms with Gasteiger partial charge in [0, 0.05) is 22.7 Å². The van der Waals surface area contributed by atoms with E-state index in [-0.39, 0.29) is 24.9 Å². The highest BCUT2D eigenvalue weighted by Crippen LogP contribution is 2.42. The van der Waals surface area contributed by atoms with E-state index in [9.17, 15) is 4.79 Å². The van der Waals surface area contributed by atoms with Crippen molar-refractivity contribution < 1.29 is 19.0 Å². The van der Waals surface area contributed by atoms with Crippen LogP contribution in [0.15, 0.2) is 60.7 Å². The van der Waals surface area contributed by atoms with Crippen molar-refractivity contribution in [3.8, 4) is 16.9 Å². The van der Waals surface area contributed by atoms with Gasteiger partial charge >= 0.3 is 5.97 Å². The third kappa shape index (κ3) is 5.60. The van der Waals surface area contributed by atoms with Crippen LogP contribution in [0.3, 0.4) is 0 Å². The fourth-order valence-corrected chi connectivity index (χ4v) is 4.25. The maximum atomic E-state index is 15.5. The maximum Gasteiger partial charge on any atom is 0.307 e. The molecule has 5 heteroatoms. The van der Waals surface area contributed by atoms with Crippen LogP contribution >= 0.6 is 0 Å². The molecule has 4 rings (SSSR count). The monoisotopic (exact) mass is 447 g/mol. The van der Waals surface area contributed by atoms with Gasteiger partial charge in [-0.15, -0.1) is 0 Å². The lowest BCUT2D eigenvalue weighted by molar-refractivity contribution is -0.136. The van der Waals surface area contributed by atoms with Crippen LogP contribution < -0.4 is 10.5 Å². The summed E-state index contributed by atoms with van der Waals surface area (Å²) in [6.07, 6.45) is 3.80. The first-order valence-corrected chi connectivity index (χ1v) is 11.6. The molecule has 1 aliphatic carbocycles. The Labute approximate surface area is 194 Å². The molecule has 1 aliphatic rings. The van der Waals surface area contributed by atoms with Crippen LogP contribution in [0.4, 0.5) is 4.39 Å². The summed E-state index contributed by atoms with van der Waals surface area (Å²) in [6, 6.07) is 18.4. The van der Waals surface area contributed by atoms with Gasteiger partial charge in [0.1, 0.15) is 18.2 Å². The fourth-order valence-electron chi connectivity index (χ4n) is 4.25. The van der Waals surface area contributed by atoms with Crippen molar-refractivity contribution >= 4 is 5.97 Å².